The van der Waals surface area contributed by atoms with Gasteiger partial charge in [0, 0.05) is 17.8 Å². The molecule has 4 nitrogen and oxygen atoms in total. The van der Waals surface area contributed by atoms with Gasteiger partial charge in [-0.1, -0.05) is 71.9 Å². The molecule has 0 aliphatic heterocycles. The van der Waals surface area contributed by atoms with Crippen molar-refractivity contribution in [2.45, 2.75) is 11.7 Å². The lowest BCUT2D eigenvalue weighted by atomic mass is 10.2. The van der Waals surface area contributed by atoms with Crippen molar-refractivity contribution in [2.75, 3.05) is 17.7 Å². The van der Waals surface area contributed by atoms with Crippen LogP contribution >= 0.6 is 23.4 Å². The molecule has 1 amide bonds. The van der Waals surface area contributed by atoms with Crippen molar-refractivity contribution >= 4 is 46.0 Å². The van der Waals surface area contributed by atoms with E-state index < -0.39 is 0 Å². The van der Waals surface area contributed by atoms with Gasteiger partial charge in [-0.2, -0.15) is 0 Å². The molecule has 1 heterocycles. The summed E-state index contributed by atoms with van der Waals surface area (Å²) >= 11 is 7.83. The number of benzene rings is 3. The van der Waals surface area contributed by atoms with Gasteiger partial charge in [0.2, 0.25) is 5.91 Å². The van der Waals surface area contributed by atoms with Crippen molar-refractivity contribution in [3.8, 4) is 0 Å². The first kappa shape index (κ1) is 19.6. The zero-order valence-electron chi connectivity index (χ0n) is 16.0. The zero-order valence-corrected chi connectivity index (χ0v) is 17.5. The Hall–Kier alpha value is -2.76. The number of rotatable bonds is 6. The second-order valence-electron chi connectivity index (χ2n) is 6.64. The molecular weight excluding hydrogens is 402 g/mol. The predicted octanol–water partition coefficient (Wildman–Crippen LogP) is 5.49. The van der Waals surface area contributed by atoms with Crippen molar-refractivity contribution in [1.29, 1.82) is 0 Å². The van der Waals surface area contributed by atoms with Gasteiger partial charge in [-0.05, 0) is 35.9 Å². The van der Waals surface area contributed by atoms with Crippen LogP contribution < -0.4 is 4.90 Å². The molecule has 0 atom stereocenters. The first-order valence-corrected chi connectivity index (χ1v) is 10.6. The summed E-state index contributed by atoms with van der Waals surface area (Å²) in [4.78, 5) is 19.1. The summed E-state index contributed by atoms with van der Waals surface area (Å²) < 4.78 is 2.12. The van der Waals surface area contributed by atoms with Crippen LogP contribution in [0.5, 0.6) is 0 Å². The number of aromatic nitrogens is 2. The highest BCUT2D eigenvalue weighted by molar-refractivity contribution is 7.99. The Morgan fingerprint density at radius 3 is 2.48 bits per heavy atom. The van der Waals surface area contributed by atoms with Gasteiger partial charge in [0.05, 0.1) is 23.3 Å². The molecule has 1 aromatic heterocycles. The Labute approximate surface area is 179 Å². The van der Waals surface area contributed by atoms with Crippen LogP contribution in [0.1, 0.15) is 5.56 Å². The Balaban J connectivity index is 1.58. The molecule has 3 aromatic carbocycles. The molecule has 0 saturated carbocycles. The van der Waals surface area contributed by atoms with Gasteiger partial charge in [-0.15, -0.1) is 0 Å². The van der Waals surface area contributed by atoms with Gasteiger partial charge in [0.15, 0.2) is 5.16 Å². The number of hydrogen-bond acceptors (Lipinski definition) is 3. The molecule has 0 fully saturated rings. The fourth-order valence-electron chi connectivity index (χ4n) is 3.13. The van der Waals surface area contributed by atoms with E-state index in [0.717, 1.165) is 32.5 Å². The summed E-state index contributed by atoms with van der Waals surface area (Å²) in [5.74, 6) is 0.328. The fraction of sp³-hybridized carbons (Fsp3) is 0.130. The molecule has 0 saturated heterocycles. The number of carbonyl (C=O) groups excluding carboxylic acids is 1. The fourth-order valence-corrected chi connectivity index (χ4v) is 4.26. The largest absolute Gasteiger partial charge is 0.315 e. The van der Waals surface area contributed by atoms with Crippen LogP contribution in [0.25, 0.3) is 11.0 Å². The molecule has 0 radical (unpaired) electrons. The first-order chi connectivity index (χ1) is 14.1. The number of amides is 1. The quantitative estimate of drug-likeness (QED) is 0.386. The second kappa shape index (κ2) is 8.72. The molecule has 4 rings (SSSR count). The van der Waals surface area contributed by atoms with E-state index in [1.165, 1.54) is 11.8 Å². The summed E-state index contributed by atoms with van der Waals surface area (Å²) in [5, 5.41) is 1.53. The molecule has 0 spiro atoms. The molecule has 0 aliphatic rings. The minimum atomic E-state index is 0.0255. The Morgan fingerprint density at radius 2 is 1.69 bits per heavy atom. The Kier molecular flexibility index (Phi) is 5.88. The SMILES string of the molecule is CN(C(=O)CSc1nc2ccccc2n1Cc1ccccc1Cl)c1ccccc1. The van der Waals surface area contributed by atoms with Crippen molar-refractivity contribution in [2.24, 2.45) is 0 Å². The monoisotopic (exact) mass is 421 g/mol. The number of imidazole rings is 1. The molecule has 146 valence electrons. The average Bonchev–Trinajstić information content (AvgIpc) is 3.11. The van der Waals surface area contributed by atoms with E-state index in [0.29, 0.717) is 12.3 Å². The lowest BCUT2D eigenvalue weighted by molar-refractivity contribution is -0.115. The lowest BCUT2D eigenvalue weighted by Crippen LogP contribution is -2.27. The maximum absolute atomic E-state index is 12.7. The molecule has 0 unspecified atom stereocenters. The van der Waals surface area contributed by atoms with E-state index in [2.05, 4.69) is 4.57 Å². The lowest BCUT2D eigenvalue weighted by Gasteiger charge is -2.17. The van der Waals surface area contributed by atoms with E-state index in [9.17, 15) is 4.79 Å². The zero-order chi connectivity index (χ0) is 20.2. The van der Waals surface area contributed by atoms with Gasteiger partial charge >= 0.3 is 0 Å². The number of fused-ring (bicyclic) bond motifs is 1. The van der Waals surface area contributed by atoms with Crippen LogP contribution in [0.2, 0.25) is 5.02 Å². The van der Waals surface area contributed by atoms with Gasteiger partial charge in [0.1, 0.15) is 0 Å². The second-order valence-corrected chi connectivity index (χ2v) is 7.99. The molecule has 4 aromatic rings. The summed E-state index contributed by atoms with van der Waals surface area (Å²) in [6.07, 6.45) is 0. The van der Waals surface area contributed by atoms with Crippen LogP contribution in [0, 0.1) is 0 Å². The molecule has 6 heteroatoms. The molecule has 0 aliphatic carbocycles. The van der Waals surface area contributed by atoms with E-state index in [4.69, 9.17) is 16.6 Å². The van der Waals surface area contributed by atoms with Crippen LogP contribution in [-0.2, 0) is 11.3 Å². The summed E-state index contributed by atoms with van der Waals surface area (Å²) in [7, 11) is 1.80. The topological polar surface area (TPSA) is 38.1 Å². The van der Waals surface area contributed by atoms with Gasteiger partial charge in [-0.3, -0.25) is 4.79 Å². The van der Waals surface area contributed by atoms with Crippen LogP contribution in [0.4, 0.5) is 5.69 Å². The van der Waals surface area contributed by atoms with Crippen molar-refractivity contribution < 1.29 is 4.79 Å². The maximum atomic E-state index is 12.7. The number of carbonyl (C=O) groups is 1. The normalized spacial score (nSPS) is 11.0. The van der Waals surface area contributed by atoms with Crippen molar-refractivity contribution in [3.05, 3.63) is 89.4 Å². The summed E-state index contributed by atoms with van der Waals surface area (Å²) in [6.45, 7) is 0.602. The average molecular weight is 422 g/mol. The van der Waals surface area contributed by atoms with E-state index in [-0.39, 0.29) is 5.91 Å². The van der Waals surface area contributed by atoms with Crippen LogP contribution in [0.3, 0.4) is 0 Å². The first-order valence-electron chi connectivity index (χ1n) is 9.26. The Bertz CT molecular complexity index is 1140. The number of anilines is 1. The third-order valence-electron chi connectivity index (χ3n) is 4.75. The van der Waals surface area contributed by atoms with Gasteiger partial charge in [0.25, 0.3) is 0 Å². The highest BCUT2D eigenvalue weighted by atomic mass is 35.5. The number of thioether (sulfide) groups is 1. The minimum absolute atomic E-state index is 0.0255. The number of hydrogen-bond donors (Lipinski definition) is 0. The van der Waals surface area contributed by atoms with Crippen LogP contribution in [-0.4, -0.2) is 28.3 Å². The highest BCUT2D eigenvalue weighted by Gasteiger charge is 2.16. The van der Waals surface area contributed by atoms with Crippen LogP contribution in [0.15, 0.2) is 84.0 Å². The third kappa shape index (κ3) is 4.31. The molecule has 0 bridgehead atoms. The van der Waals surface area contributed by atoms with Gasteiger partial charge < -0.3 is 9.47 Å². The maximum Gasteiger partial charge on any atom is 0.237 e. The van der Waals surface area contributed by atoms with Crippen molar-refractivity contribution in [3.63, 3.8) is 0 Å². The Morgan fingerprint density at radius 1 is 1.00 bits per heavy atom. The van der Waals surface area contributed by atoms with E-state index >= 15 is 0 Å². The smallest absolute Gasteiger partial charge is 0.237 e. The number of nitrogens with zero attached hydrogens (tertiary/aromatic N) is 3. The summed E-state index contributed by atoms with van der Waals surface area (Å²) in [5.41, 5.74) is 3.83. The third-order valence-corrected chi connectivity index (χ3v) is 6.08. The standard InChI is InChI=1S/C23H20ClN3OS/c1-26(18-10-3-2-4-11-18)22(28)16-29-23-25-20-13-7-8-14-21(20)27(23)15-17-9-5-6-12-19(17)24/h2-14H,15-16H2,1H3. The highest BCUT2D eigenvalue weighted by Crippen LogP contribution is 2.27. The predicted molar refractivity (Wildman–Crippen MR) is 121 cm³/mol. The van der Waals surface area contributed by atoms with Gasteiger partial charge in [-0.25, -0.2) is 4.98 Å². The van der Waals surface area contributed by atoms with E-state index in [1.54, 1.807) is 11.9 Å². The molecule has 0 N–H and O–H groups in total. The molecule has 29 heavy (non-hydrogen) atoms. The minimum Gasteiger partial charge on any atom is -0.315 e. The van der Waals surface area contributed by atoms with Crippen molar-refractivity contribution in [1.82, 2.24) is 9.55 Å². The number of halogens is 1. The number of para-hydroxylation sites is 3. The molecular formula is C23H20ClN3OS. The van der Waals surface area contributed by atoms with E-state index in [1.807, 2.05) is 78.9 Å². The summed E-state index contributed by atoms with van der Waals surface area (Å²) in [6, 6.07) is 25.4.